The van der Waals surface area contributed by atoms with Crippen molar-refractivity contribution in [2.75, 3.05) is 13.2 Å². The molecule has 5 heteroatoms. The topological polar surface area (TPSA) is 62.4 Å². The molecule has 1 aromatic carbocycles. The minimum atomic E-state index is 0.181. The molecule has 3 rings (SSSR count). The van der Waals surface area contributed by atoms with Crippen LogP contribution in [0.25, 0.3) is 11.5 Å². The number of hydrogen-bond donors (Lipinski definition) is 1. The van der Waals surface area contributed by atoms with Gasteiger partial charge in [-0.05, 0) is 37.9 Å². The standard InChI is InChI=1S/C16H21N3O2/c1-11-4-3-5-13(8-11)16-18-17-15(21-16)9-19-7-6-12(2)14(19)10-20/h3-5,8,12,14,20H,6-7,9-10H2,1-2H3. The Morgan fingerprint density at radius 2 is 2.24 bits per heavy atom. The minimum absolute atomic E-state index is 0.181. The number of aryl methyl sites for hydroxylation is 1. The summed E-state index contributed by atoms with van der Waals surface area (Å²) in [5, 5.41) is 17.8. The molecule has 0 aliphatic carbocycles. The van der Waals surface area contributed by atoms with Crippen LogP contribution in [0.3, 0.4) is 0 Å². The highest BCUT2D eigenvalue weighted by Crippen LogP contribution is 2.26. The molecule has 0 bridgehead atoms. The number of nitrogens with zero attached hydrogens (tertiary/aromatic N) is 3. The Bertz CT molecular complexity index is 611. The van der Waals surface area contributed by atoms with Gasteiger partial charge in [-0.15, -0.1) is 10.2 Å². The van der Waals surface area contributed by atoms with Gasteiger partial charge in [0.05, 0.1) is 13.2 Å². The molecule has 2 unspecified atom stereocenters. The van der Waals surface area contributed by atoms with E-state index in [9.17, 15) is 5.11 Å². The maximum absolute atomic E-state index is 9.49. The number of aliphatic hydroxyl groups excluding tert-OH is 1. The molecule has 112 valence electrons. The highest BCUT2D eigenvalue weighted by atomic mass is 16.4. The average Bonchev–Trinajstić information content (AvgIpc) is 3.07. The zero-order valence-corrected chi connectivity index (χ0v) is 12.5. The van der Waals surface area contributed by atoms with Gasteiger partial charge in [-0.3, -0.25) is 4.90 Å². The molecule has 2 atom stereocenters. The quantitative estimate of drug-likeness (QED) is 0.934. The fraction of sp³-hybridized carbons (Fsp3) is 0.500. The summed E-state index contributed by atoms with van der Waals surface area (Å²) in [7, 11) is 0. The van der Waals surface area contributed by atoms with E-state index in [1.807, 2.05) is 31.2 Å². The summed E-state index contributed by atoms with van der Waals surface area (Å²) in [6.07, 6.45) is 1.10. The Kier molecular flexibility index (Phi) is 4.03. The third kappa shape index (κ3) is 2.99. The summed E-state index contributed by atoms with van der Waals surface area (Å²) in [4.78, 5) is 2.22. The first kappa shape index (κ1) is 14.2. The van der Waals surface area contributed by atoms with E-state index in [1.54, 1.807) is 0 Å². The molecule has 0 radical (unpaired) electrons. The van der Waals surface area contributed by atoms with Crippen LogP contribution in [0.1, 0.15) is 24.8 Å². The fourth-order valence-corrected chi connectivity index (χ4v) is 2.97. The van der Waals surface area contributed by atoms with Gasteiger partial charge in [-0.25, -0.2) is 0 Å². The second kappa shape index (κ2) is 5.95. The molecular weight excluding hydrogens is 266 g/mol. The third-order valence-corrected chi connectivity index (χ3v) is 4.25. The van der Waals surface area contributed by atoms with Crippen molar-refractivity contribution in [2.45, 2.75) is 32.9 Å². The van der Waals surface area contributed by atoms with E-state index in [1.165, 1.54) is 5.56 Å². The van der Waals surface area contributed by atoms with E-state index in [-0.39, 0.29) is 12.6 Å². The van der Waals surface area contributed by atoms with Crippen LogP contribution < -0.4 is 0 Å². The Hall–Kier alpha value is -1.72. The maximum atomic E-state index is 9.49. The normalized spacial score (nSPS) is 22.8. The van der Waals surface area contributed by atoms with Gasteiger partial charge in [0, 0.05) is 11.6 Å². The molecule has 5 nitrogen and oxygen atoms in total. The van der Waals surface area contributed by atoms with Gasteiger partial charge in [0.2, 0.25) is 11.8 Å². The van der Waals surface area contributed by atoms with E-state index in [0.717, 1.165) is 18.5 Å². The summed E-state index contributed by atoms with van der Waals surface area (Å²) in [6, 6.07) is 8.22. The first-order valence-corrected chi connectivity index (χ1v) is 7.41. The molecule has 1 saturated heterocycles. The summed E-state index contributed by atoms with van der Waals surface area (Å²) in [6.45, 7) is 5.97. The van der Waals surface area contributed by atoms with E-state index in [0.29, 0.717) is 24.2 Å². The SMILES string of the molecule is Cc1cccc(-c2nnc(CN3CCC(C)C3CO)o2)c1. The molecule has 1 fully saturated rings. The number of benzene rings is 1. The number of aliphatic hydroxyl groups is 1. The Labute approximate surface area is 124 Å². The van der Waals surface area contributed by atoms with Crippen molar-refractivity contribution in [1.29, 1.82) is 0 Å². The van der Waals surface area contributed by atoms with Crippen LogP contribution in [0.4, 0.5) is 0 Å². The van der Waals surface area contributed by atoms with Crippen molar-refractivity contribution in [2.24, 2.45) is 5.92 Å². The summed E-state index contributed by atoms with van der Waals surface area (Å²) in [5.74, 6) is 1.68. The van der Waals surface area contributed by atoms with Crippen LogP contribution in [0.5, 0.6) is 0 Å². The lowest BCUT2D eigenvalue weighted by molar-refractivity contribution is 0.126. The van der Waals surface area contributed by atoms with Crippen LogP contribution in [-0.4, -0.2) is 39.4 Å². The molecule has 2 heterocycles. The predicted molar refractivity (Wildman–Crippen MR) is 79.5 cm³/mol. The lowest BCUT2D eigenvalue weighted by atomic mass is 10.0. The summed E-state index contributed by atoms with van der Waals surface area (Å²) < 4.78 is 5.77. The van der Waals surface area contributed by atoms with Gasteiger partial charge in [0.25, 0.3) is 0 Å². The van der Waals surface area contributed by atoms with Gasteiger partial charge in [0.15, 0.2) is 0 Å². The van der Waals surface area contributed by atoms with Gasteiger partial charge in [-0.1, -0.05) is 24.6 Å². The molecule has 0 saturated carbocycles. The van der Waals surface area contributed by atoms with Crippen molar-refractivity contribution in [3.05, 3.63) is 35.7 Å². The first-order valence-electron chi connectivity index (χ1n) is 7.41. The zero-order chi connectivity index (χ0) is 14.8. The van der Waals surface area contributed by atoms with Gasteiger partial charge >= 0.3 is 0 Å². The number of hydrogen-bond acceptors (Lipinski definition) is 5. The van der Waals surface area contributed by atoms with Crippen LogP contribution >= 0.6 is 0 Å². The van der Waals surface area contributed by atoms with Crippen molar-refractivity contribution < 1.29 is 9.52 Å². The van der Waals surface area contributed by atoms with Crippen LogP contribution in [0.2, 0.25) is 0 Å². The average molecular weight is 287 g/mol. The van der Waals surface area contributed by atoms with Crippen LogP contribution in [0.15, 0.2) is 28.7 Å². The molecule has 1 N–H and O–H groups in total. The maximum Gasteiger partial charge on any atom is 0.247 e. The van der Waals surface area contributed by atoms with Crippen molar-refractivity contribution >= 4 is 0 Å². The van der Waals surface area contributed by atoms with Crippen LogP contribution in [-0.2, 0) is 6.54 Å². The summed E-state index contributed by atoms with van der Waals surface area (Å²) >= 11 is 0. The molecule has 1 aliphatic heterocycles. The van der Waals surface area contributed by atoms with E-state index in [4.69, 9.17) is 4.42 Å². The molecule has 0 spiro atoms. The molecule has 1 aromatic heterocycles. The molecule has 2 aromatic rings. The number of rotatable bonds is 4. The molecular formula is C16H21N3O2. The predicted octanol–water partition coefficient (Wildman–Crippen LogP) is 2.25. The van der Waals surface area contributed by atoms with Crippen LogP contribution in [0, 0.1) is 12.8 Å². The number of aromatic nitrogens is 2. The smallest absolute Gasteiger partial charge is 0.247 e. The Balaban J connectivity index is 1.74. The largest absolute Gasteiger partial charge is 0.419 e. The number of likely N-dealkylation sites (tertiary alicyclic amines) is 1. The molecule has 1 aliphatic rings. The van der Waals surface area contributed by atoms with Gasteiger partial charge in [0.1, 0.15) is 0 Å². The van der Waals surface area contributed by atoms with E-state index >= 15 is 0 Å². The zero-order valence-electron chi connectivity index (χ0n) is 12.5. The lowest BCUT2D eigenvalue weighted by Crippen LogP contribution is -2.34. The second-order valence-corrected chi connectivity index (χ2v) is 5.86. The summed E-state index contributed by atoms with van der Waals surface area (Å²) in [5.41, 5.74) is 2.11. The van der Waals surface area contributed by atoms with Crippen molar-refractivity contribution in [3.8, 4) is 11.5 Å². The van der Waals surface area contributed by atoms with Crippen molar-refractivity contribution in [1.82, 2.24) is 15.1 Å². The first-order chi connectivity index (χ1) is 10.2. The van der Waals surface area contributed by atoms with E-state index < -0.39 is 0 Å². The lowest BCUT2D eigenvalue weighted by Gasteiger charge is -2.23. The molecule has 21 heavy (non-hydrogen) atoms. The highest BCUT2D eigenvalue weighted by Gasteiger charge is 2.31. The van der Waals surface area contributed by atoms with Gasteiger partial charge in [-0.2, -0.15) is 0 Å². The van der Waals surface area contributed by atoms with E-state index in [2.05, 4.69) is 22.0 Å². The third-order valence-electron chi connectivity index (χ3n) is 4.25. The molecule has 0 amide bonds. The monoisotopic (exact) mass is 287 g/mol. The highest BCUT2D eigenvalue weighted by molar-refractivity contribution is 5.53. The Morgan fingerprint density at radius 1 is 1.38 bits per heavy atom. The minimum Gasteiger partial charge on any atom is -0.419 e. The fourth-order valence-electron chi connectivity index (χ4n) is 2.97. The Morgan fingerprint density at radius 3 is 3.00 bits per heavy atom. The van der Waals surface area contributed by atoms with Crippen molar-refractivity contribution in [3.63, 3.8) is 0 Å². The van der Waals surface area contributed by atoms with Gasteiger partial charge < -0.3 is 9.52 Å². The second-order valence-electron chi connectivity index (χ2n) is 5.86.